The van der Waals surface area contributed by atoms with Crippen LogP contribution in [-0.2, 0) is 9.47 Å². The minimum absolute atomic E-state index is 0.0759. The van der Waals surface area contributed by atoms with E-state index >= 15 is 0 Å². The van der Waals surface area contributed by atoms with Crippen LogP contribution in [0.5, 0.6) is 0 Å². The lowest BCUT2D eigenvalue weighted by atomic mass is 9.86. The third-order valence-corrected chi connectivity index (χ3v) is 4.12. The minimum Gasteiger partial charge on any atom is -0.383 e. The molecule has 0 rings (SSSR count). The zero-order chi connectivity index (χ0) is 14.7. The van der Waals surface area contributed by atoms with E-state index in [1.165, 1.54) is 12.8 Å². The summed E-state index contributed by atoms with van der Waals surface area (Å²) in [4.78, 5) is 2.50. The highest BCUT2D eigenvalue weighted by Crippen LogP contribution is 2.27. The molecule has 0 fully saturated rings. The summed E-state index contributed by atoms with van der Waals surface area (Å²) in [5, 5.41) is 0. The fraction of sp³-hybridized carbons (Fsp3) is 1.00. The van der Waals surface area contributed by atoms with E-state index in [0.717, 1.165) is 32.6 Å². The van der Waals surface area contributed by atoms with Crippen molar-refractivity contribution in [3.8, 4) is 0 Å². The Morgan fingerprint density at radius 1 is 1.21 bits per heavy atom. The predicted molar refractivity (Wildman–Crippen MR) is 81.5 cm³/mol. The number of ether oxygens (including phenoxy) is 2. The summed E-state index contributed by atoms with van der Waals surface area (Å²) in [6, 6.07) is 0.362. The maximum Gasteiger partial charge on any atom is 0.0615 e. The number of nitrogens with two attached hydrogens (primary N) is 1. The number of hydrogen-bond donors (Lipinski definition) is 1. The monoisotopic (exact) mass is 274 g/mol. The summed E-state index contributed by atoms with van der Waals surface area (Å²) >= 11 is 0. The molecule has 0 aromatic carbocycles. The van der Waals surface area contributed by atoms with Gasteiger partial charge in [0, 0.05) is 38.9 Å². The molecule has 2 N–H and O–H groups in total. The van der Waals surface area contributed by atoms with Gasteiger partial charge in [0.25, 0.3) is 0 Å². The Hall–Kier alpha value is -0.160. The minimum atomic E-state index is 0.0759. The van der Waals surface area contributed by atoms with Crippen molar-refractivity contribution < 1.29 is 9.47 Å². The summed E-state index contributed by atoms with van der Waals surface area (Å²) in [7, 11) is 3.51. The first-order valence-electron chi connectivity index (χ1n) is 7.56. The summed E-state index contributed by atoms with van der Waals surface area (Å²) in [5.41, 5.74) is 6.22. The van der Waals surface area contributed by atoms with E-state index in [9.17, 15) is 0 Å². The first-order chi connectivity index (χ1) is 9.11. The smallest absolute Gasteiger partial charge is 0.0615 e. The zero-order valence-corrected chi connectivity index (χ0v) is 13.6. The Kier molecular flexibility index (Phi) is 10.5. The lowest BCUT2D eigenvalue weighted by Crippen LogP contribution is -2.58. The van der Waals surface area contributed by atoms with Gasteiger partial charge in [-0.05, 0) is 19.8 Å². The largest absolute Gasteiger partial charge is 0.383 e. The highest BCUT2D eigenvalue weighted by Gasteiger charge is 2.35. The third-order valence-electron chi connectivity index (χ3n) is 4.12. The molecule has 116 valence electrons. The van der Waals surface area contributed by atoms with Gasteiger partial charge in [-0.25, -0.2) is 0 Å². The van der Waals surface area contributed by atoms with Crippen LogP contribution in [0.4, 0.5) is 0 Å². The van der Waals surface area contributed by atoms with Crippen molar-refractivity contribution in [3.63, 3.8) is 0 Å². The second kappa shape index (κ2) is 10.6. The molecule has 0 aliphatic rings. The van der Waals surface area contributed by atoms with Gasteiger partial charge in [-0.2, -0.15) is 0 Å². The van der Waals surface area contributed by atoms with Gasteiger partial charge in [-0.15, -0.1) is 0 Å². The number of nitrogens with zero attached hydrogens (tertiary/aromatic N) is 1. The first-order valence-corrected chi connectivity index (χ1v) is 7.56. The Bertz CT molecular complexity index is 208. The van der Waals surface area contributed by atoms with E-state index < -0.39 is 0 Å². The molecule has 2 atom stereocenters. The molecule has 0 radical (unpaired) electrons. The molecule has 0 aliphatic heterocycles. The second-order valence-electron chi connectivity index (χ2n) is 5.38. The number of methoxy groups -OCH3 is 2. The Morgan fingerprint density at radius 2 is 1.89 bits per heavy atom. The molecule has 0 bridgehead atoms. The Balaban J connectivity index is 4.97. The average Bonchev–Trinajstić information content (AvgIpc) is 2.43. The van der Waals surface area contributed by atoms with Gasteiger partial charge in [0.15, 0.2) is 0 Å². The molecule has 0 amide bonds. The summed E-state index contributed by atoms with van der Waals surface area (Å²) in [5.74, 6) is 0. The van der Waals surface area contributed by atoms with Gasteiger partial charge in [-0.1, -0.05) is 26.7 Å². The molecule has 0 aromatic rings. The molecule has 0 spiro atoms. The van der Waals surface area contributed by atoms with Gasteiger partial charge in [0.1, 0.15) is 0 Å². The molecular weight excluding hydrogens is 240 g/mol. The fourth-order valence-corrected chi connectivity index (χ4v) is 2.84. The molecule has 0 saturated heterocycles. The molecule has 0 aromatic heterocycles. The van der Waals surface area contributed by atoms with Crippen LogP contribution < -0.4 is 5.73 Å². The van der Waals surface area contributed by atoms with Crippen molar-refractivity contribution in [2.24, 2.45) is 5.73 Å². The van der Waals surface area contributed by atoms with E-state index in [1.807, 2.05) is 0 Å². The van der Waals surface area contributed by atoms with E-state index in [2.05, 4.69) is 25.7 Å². The van der Waals surface area contributed by atoms with E-state index in [0.29, 0.717) is 12.6 Å². The van der Waals surface area contributed by atoms with Crippen LogP contribution in [0.3, 0.4) is 0 Å². The maximum atomic E-state index is 6.14. The topological polar surface area (TPSA) is 47.7 Å². The van der Waals surface area contributed by atoms with Crippen LogP contribution in [0.2, 0.25) is 0 Å². The van der Waals surface area contributed by atoms with Crippen LogP contribution in [0, 0.1) is 0 Å². The molecule has 2 unspecified atom stereocenters. The van der Waals surface area contributed by atoms with Crippen LogP contribution in [-0.4, -0.2) is 57.0 Å². The summed E-state index contributed by atoms with van der Waals surface area (Å²) < 4.78 is 10.6. The molecule has 4 nitrogen and oxygen atoms in total. The lowest BCUT2D eigenvalue weighted by Gasteiger charge is -2.46. The lowest BCUT2D eigenvalue weighted by molar-refractivity contribution is -0.00819. The molecule has 4 heteroatoms. The second-order valence-corrected chi connectivity index (χ2v) is 5.38. The van der Waals surface area contributed by atoms with Crippen LogP contribution in [0.15, 0.2) is 0 Å². The highest BCUT2D eigenvalue weighted by atomic mass is 16.5. The molecule has 0 aliphatic carbocycles. The molecule has 0 saturated carbocycles. The van der Waals surface area contributed by atoms with E-state index in [-0.39, 0.29) is 5.54 Å². The standard InChI is InChI=1S/C15H34N2O2/c1-6-8-9-15(7-2,13-16)17(10-11-18-4)14(3)12-19-5/h14H,6-13,16H2,1-5H3. The summed E-state index contributed by atoms with van der Waals surface area (Å²) in [6.45, 7) is 9.76. The van der Waals surface area contributed by atoms with Crippen LogP contribution in [0.1, 0.15) is 46.5 Å². The van der Waals surface area contributed by atoms with Gasteiger partial charge < -0.3 is 15.2 Å². The van der Waals surface area contributed by atoms with Crippen molar-refractivity contribution in [2.75, 3.05) is 40.5 Å². The molecule has 19 heavy (non-hydrogen) atoms. The van der Waals surface area contributed by atoms with Crippen LogP contribution >= 0.6 is 0 Å². The zero-order valence-electron chi connectivity index (χ0n) is 13.6. The number of hydrogen-bond acceptors (Lipinski definition) is 4. The highest BCUT2D eigenvalue weighted by molar-refractivity contribution is 4.93. The number of rotatable bonds is 12. The van der Waals surface area contributed by atoms with Gasteiger partial charge in [-0.3, -0.25) is 4.90 Å². The predicted octanol–water partition coefficient (Wildman–Crippen LogP) is 2.27. The van der Waals surface area contributed by atoms with Crippen LogP contribution in [0.25, 0.3) is 0 Å². The van der Waals surface area contributed by atoms with Crippen molar-refractivity contribution in [3.05, 3.63) is 0 Å². The maximum absolute atomic E-state index is 6.14. The third kappa shape index (κ3) is 5.78. The average molecular weight is 274 g/mol. The van der Waals surface area contributed by atoms with Crippen molar-refractivity contribution in [1.82, 2.24) is 4.90 Å². The molecule has 0 heterocycles. The SMILES string of the molecule is CCCCC(CC)(CN)N(CCOC)C(C)COC. The fourth-order valence-electron chi connectivity index (χ4n) is 2.84. The van der Waals surface area contributed by atoms with Gasteiger partial charge in [0.05, 0.1) is 13.2 Å². The Morgan fingerprint density at radius 3 is 2.32 bits per heavy atom. The quantitative estimate of drug-likeness (QED) is 0.593. The van der Waals surface area contributed by atoms with Crippen molar-refractivity contribution in [2.45, 2.75) is 58.0 Å². The van der Waals surface area contributed by atoms with Gasteiger partial charge in [0.2, 0.25) is 0 Å². The van der Waals surface area contributed by atoms with Gasteiger partial charge >= 0.3 is 0 Å². The molecular formula is C15H34N2O2. The van der Waals surface area contributed by atoms with Crippen molar-refractivity contribution >= 4 is 0 Å². The first kappa shape index (κ1) is 18.8. The number of unbranched alkanes of at least 4 members (excludes halogenated alkanes) is 1. The summed E-state index contributed by atoms with van der Waals surface area (Å²) in [6.07, 6.45) is 4.64. The van der Waals surface area contributed by atoms with E-state index in [1.54, 1.807) is 14.2 Å². The Labute approximate surface area is 119 Å². The van der Waals surface area contributed by atoms with E-state index in [4.69, 9.17) is 15.2 Å². The van der Waals surface area contributed by atoms with Crippen molar-refractivity contribution in [1.29, 1.82) is 0 Å². The normalized spacial score (nSPS) is 16.6.